The molecule has 60 heavy (non-hydrogen) atoms. The first-order chi connectivity index (χ1) is 29.3. The van der Waals surface area contributed by atoms with Gasteiger partial charge in [0.2, 0.25) is 0 Å². The Kier molecular flexibility index (Phi) is 12.4. The predicted molar refractivity (Wildman–Crippen MR) is 235 cm³/mol. The van der Waals surface area contributed by atoms with Gasteiger partial charge >= 0.3 is 0 Å². The molecule has 2 amide bonds. The molecule has 4 heterocycles. The number of carbonyl (C=O) groups excluding carboxylic acids is 2. The molecule has 6 aromatic rings. The van der Waals surface area contributed by atoms with E-state index in [9.17, 15) is 19.8 Å². The summed E-state index contributed by atoms with van der Waals surface area (Å²) in [6.45, 7) is 6.69. The summed E-state index contributed by atoms with van der Waals surface area (Å²) in [5, 5.41) is 27.5. The molecule has 0 saturated carbocycles. The maximum atomic E-state index is 14.4. The number of aromatic nitrogens is 2. The summed E-state index contributed by atoms with van der Waals surface area (Å²) in [6, 6.07) is 27.3. The van der Waals surface area contributed by atoms with E-state index in [0.29, 0.717) is 83.0 Å². The molecule has 4 aromatic carbocycles. The van der Waals surface area contributed by atoms with Gasteiger partial charge in [0.15, 0.2) is 0 Å². The molecule has 0 unspecified atom stereocenters. The third-order valence-electron chi connectivity index (χ3n) is 12.0. The molecule has 8 rings (SSSR count). The average Bonchev–Trinajstić information content (AvgIpc) is 3.29. The summed E-state index contributed by atoms with van der Waals surface area (Å²) in [6.07, 6.45) is 6.87. The lowest BCUT2D eigenvalue weighted by Gasteiger charge is -2.40. The van der Waals surface area contributed by atoms with Gasteiger partial charge in [0.25, 0.3) is 11.8 Å². The molecule has 12 heteroatoms. The number of aryl methyl sites for hydroxylation is 2. The molecule has 12 nitrogen and oxygen atoms in total. The first kappa shape index (κ1) is 40.5. The van der Waals surface area contributed by atoms with Crippen LogP contribution in [0.15, 0.2) is 97.3 Å². The molecule has 0 spiro atoms. The Labute approximate surface area is 350 Å². The highest BCUT2D eigenvalue weighted by Gasteiger charge is 2.34. The lowest BCUT2D eigenvalue weighted by atomic mass is 9.78. The van der Waals surface area contributed by atoms with Crippen molar-refractivity contribution in [2.24, 2.45) is 11.8 Å². The van der Waals surface area contributed by atoms with Crippen molar-refractivity contribution >= 4 is 56.4 Å². The normalized spacial score (nSPS) is 15.0. The Hall–Kier alpha value is -6.24. The van der Waals surface area contributed by atoms with Crippen LogP contribution in [0.3, 0.4) is 0 Å². The van der Waals surface area contributed by atoms with E-state index in [1.165, 1.54) is 0 Å². The summed E-state index contributed by atoms with van der Waals surface area (Å²) >= 11 is 0. The Morgan fingerprint density at radius 2 is 1.00 bits per heavy atom. The number of benzene rings is 4. The van der Waals surface area contributed by atoms with Crippen LogP contribution in [0, 0.1) is 25.7 Å². The molecule has 2 aliphatic heterocycles. The smallest absolute Gasteiger partial charge is 0.257 e. The van der Waals surface area contributed by atoms with Gasteiger partial charge in [-0.15, -0.1) is 0 Å². The number of hydrogen-bond acceptors (Lipinski definition) is 10. The number of hydrogen-bond donors (Lipinski definition) is 4. The molecule has 0 aliphatic carbocycles. The molecule has 2 saturated heterocycles. The van der Waals surface area contributed by atoms with E-state index in [1.807, 2.05) is 109 Å². The van der Waals surface area contributed by atoms with E-state index in [0.717, 1.165) is 59.0 Å². The number of fused-ring (bicyclic) bond motifs is 2. The molecule has 2 fully saturated rings. The van der Waals surface area contributed by atoms with Crippen molar-refractivity contribution in [3.63, 3.8) is 0 Å². The van der Waals surface area contributed by atoms with Crippen LogP contribution < -0.4 is 20.1 Å². The third kappa shape index (κ3) is 8.43. The zero-order valence-electron chi connectivity index (χ0n) is 34.2. The van der Waals surface area contributed by atoms with Gasteiger partial charge in [-0.25, -0.2) is 0 Å². The summed E-state index contributed by atoms with van der Waals surface area (Å²) in [5.41, 5.74) is 7.52. The van der Waals surface area contributed by atoms with Gasteiger partial charge < -0.3 is 40.1 Å². The number of rotatable bonds is 13. The van der Waals surface area contributed by atoms with Crippen LogP contribution in [-0.4, -0.2) is 94.4 Å². The van der Waals surface area contributed by atoms with Crippen molar-refractivity contribution < 1.29 is 29.3 Å². The Bertz CT molecular complexity index is 2320. The summed E-state index contributed by atoms with van der Waals surface area (Å²) in [5.74, 6) is 1.88. The zero-order chi connectivity index (χ0) is 41.6. The van der Waals surface area contributed by atoms with Crippen LogP contribution in [0.1, 0.15) is 57.5 Å². The highest BCUT2D eigenvalue weighted by molar-refractivity contribution is 6.10. The van der Waals surface area contributed by atoms with Crippen LogP contribution in [0.2, 0.25) is 0 Å². The molecule has 310 valence electrons. The molecule has 0 atom stereocenters. The highest BCUT2D eigenvalue weighted by Crippen LogP contribution is 2.39. The number of para-hydroxylation sites is 4. The van der Waals surface area contributed by atoms with Crippen molar-refractivity contribution in [2.75, 3.05) is 63.2 Å². The number of aliphatic hydroxyl groups is 2. The topological polar surface area (TPSA) is 149 Å². The fourth-order valence-corrected chi connectivity index (χ4v) is 8.71. The first-order valence-electron chi connectivity index (χ1n) is 20.9. The van der Waals surface area contributed by atoms with Crippen LogP contribution >= 0.6 is 0 Å². The summed E-state index contributed by atoms with van der Waals surface area (Å²) in [7, 11) is 0. The molecule has 2 aliphatic rings. The van der Waals surface area contributed by atoms with Gasteiger partial charge in [-0.05, 0) is 86.8 Å². The van der Waals surface area contributed by atoms with Crippen molar-refractivity contribution in [1.82, 2.24) is 19.8 Å². The summed E-state index contributed by atoms with van der Waals surface area (Å²) in [4.78, 5) is 42.0. The maximum absolute atomic E-state index is 14.4. The predicted octanol–water partition coefficient (Wildman–Crippen LogP) is 8.03. The quantitative estimate of drug-likeness (QED) is 0.0904. The first-order valence-corrected chi connectivity index (χ1v) is 20.9. The SMILES string of the molecule is Cc1ccccc1Nc1c(C(=O)N2CCC(C3CCN(C(=O)c4cnc5c(OCCO)cccc5c4Nc4ccccc4C)CC3)CC2)cnc2c(OCCO)cccc12. The van der Waals surface area contributed by atoms with Crippen LogP contribution in [0.5, 0.6) is 11.5 Å². The number of piperidine rings is 2. The number of anilines is 4. The van der Waals surface area contributed by atoms with Gasteiger partial charge in [-0.2, -0.15) is 0 Å². The molecule has 0 radical (unpaired) electrons. The number of pyridine rings is 2. The van der Waals surface area contributed by atoms with E-state index in [4.69, 9.17) is 19.4 Å². The van der Waals surface area contributed by atoms with E-state index < -0.39 is 0 Å². The van der Waals surface area contributed by atoms with Gasteiger partial charge in [0, 0.05) is 60.7 Å². The van der Waals surface area contributed by atoms with E-state index >= 15 is 0 Å². The van der Waals surface area contributed by atoms with Gasteiger partial charge in [-0.1, -0.05) is 60.7 Å². The van der Waals surface area contributed by atoms with Crippen LogP contribution in [-0.2, 0) is 0 Å². The average molecular weight is 809 g/mol. The number of likely N-dealkylation sites (tertiary alicyclic amines) is 2. The van der Waals surface area contributed by atoms with E-state index in [-0.39, 0.29) is 38.2 Å². The minimum absolute atomic E-state index is 0.0628. The summed E-state index contributed by atoms with van der Waals surface area (Å²) < 4.78 is 11.6. The Balaban J connectivity index is 0.958. The number of aliphatic hydroxyl groups excluding tert-OH is 2. The van der Waals surface area contributed by atoms with Crippen molar-refractivity contribution in [1.29, 1.82) is 0 Å². The fourth-order valence-electron chi connectivity index (χ4n) is 8.71. The molecule has 2 aromatic heterocycles. The third-order valence-corrected chi connectivity index (χ3v) is 12.0. The highest BCUT2D eigenvalue weighted by atomic mass is 16.5. The van der Waals surface area contributed by atoms with E-state index in [1.54, 1.807) is 12.4 Å². The zero-order valence-corrected chi connectivity index (χ0v) is 34.2. The van der Waals surface area contributed by atoms with Gasteiger partial charge in [0.1, 0.15) is 35.7 Å². The van der Waals surface area contributed by atoms with Gasteiger partial charge in [-0.3, -0.25) is 19.6 Å². The molecular weight excluding hydrogens is 757 g/mol. The molecular formula is C48H52N6O6. The molecule has 4 N–H and O–H groups in total. The van der Waals surface area contributed by atoms with Gasteiger partial charge in [0.05, 0.1) is 35.7 Å². The standard InChI is InChI=1S/C48H52N6O6/c1-31-9-3-5-13-39(31)51-43-35-11-7-15-41(59-27-25-55)45(35)49-29-37(43)47(57)53-21-17-33(18-22-53)34-19-23-54(24-20-34)48(58)38-30-50-46-36(12-8-16-42(46)60-28-26-56)44(38)52-40-14-6-4-10-32(40)2/h3-16,29-30,33-34,55-56H,17-28H2,1-2H3,(H,49,51)(H,50,52). The maximum Gasteiger partial charge on any atom is 0.257 e. The second kappa shape index (κ2) is 18.4. The number of nitrogens with zero attached hydrogens (tertiary/aromatic N) is 4. The molecule has 0 bridgehead atoms. The van der Waals surface area contributed by atoms with Crippen molar-refractivity contribution in [3.05, 3.63) is 120 Å². The minimum Gasteiger partial charge on any atom is -0.489 e. The minimum atomic E-state index is -0.115. The number of carbonyl (C=O) groups is 2. The lowest BCUT2D eigenvalue weighted by Crippen LogP contribution is -2.44. The largest absolute Gasteiger partial charge is 0.489 e. The van der Waals surface area contributed by atoms with Crippen LogP contribution in [0.4, 0.5) is 22.7 Å². The Morgan fingerprint density at radius 3 is 1.38 bits per heavy atom. The second-order valence-electron chi connectivity index (χ2n) is 15.7. The fraction of sp³-hybridized carbons (Fsp3) is 0.333. The number of nitrogens with one attached hydrogen (secondary N) is 2. The monoisotopic (exact) mass is 808 g/mol. The van der Waals surface area contributed by atoms with E-state index in [2.05, 4.69) is 10.6 Å². The number of ether oxygens (including phenoxy) is 2. The van der Waals surface area contributed by atoms with Crippen molar-refractivity contribution in [2.45, 2.75) is 39.5 Å². The Morgan fingerprint density at radius 1 is 0.600 bits per heavy atom. The van der Waals surface area contributed by atoms with Crippen molar-refractivity contribution in [3.8, 4) is 11.5 Å². The second-order valence-corrected chi connectivity index (χ2v) is 15.7. The lowest BCUT2D eigenvalue weighted by molar-refractivity contribution is 0.0538. The number of amides is 2. The van der Waals surface area contributed by atoms with Crippen LogP contribution in [0.25, 0.3) is 21.8 Å².